The zero-order valence-electron chi connectivity index (χ0n) is 15.6. The number of anilines is 2. The molecule has 3 aromatic carbocycles. The van der Waals surface area contributed by atoms with E-state index < -0.39 is 0 Å². The van der Waals surface area contributed by atoms with E-state index in [-0.39, 0.29) is 18.4 Å². The molecular formula is C22H19BrN2O4. The van der Waals surface area contributed by atoms with E-state index in [1.165, 1.54) is 0 Å². The Morgan fingerprint density at radius 1 is 0.862 bits per heavy atom. The van der Waals surface area contributed by atoms with Gasteiger partial charge in [-0.2, -0.15) is 0 Å². The highest BCUT2D eigenvalue weighted by Gasteiger charge is 2.08. The molecule has 3 rings (SSSR count). The first-order valence-corrected chi connectivity index (χ1v) is 9.56. The van der Waals surface area contributed by atoms with E-state index in [1.54, 1.807) is 67.8 Å². The Hall–Kier alpha value is -3.32. The maximum absolute atomic E-state index is 12.3. The van der Waals surface area contributed by atoms with Crippen LogP contribution in [0, 0.1) is 0 Å². The second kappa shape index (κ2) is 9.75. The average Bonchev–Trinajstić information content (AvgIpc) is 2.74. The molecule has 0 aromatic heterocycles. The van der Waals surface area contributed by atoms with Crippen LogP contribution >= 0.6 is 15.9 Å². The van der Waals surface area contributed by atoms with Crippen molar-refractivity contribution in [3.63, 3.8) is 0 Å². The molecule has 3 aromatic rings. The van der Waals surface area contributed by atoms with Crippen LogP contribution in [0.3, 0.4) is 0 Å². The van der Waals surface area contributed by atoms with Crippen molar-refractivity contribution in [1.82, 2.24) is 0 Å². The Labute approximate surface area is 177 Å². The molecular weight excluding hydrogens is 436 g/mol. The molecule has 2 N–H and O–H groups in total. The minimum Gasteiger partial charge on any atom is -0.497 e. The molecule has 0 heterocycles. The zero-order valence-corrected chi connectivity index (χ0v) is 17.2. The Morgan fingerprint density at radius 3 is 2.28 bits per heavy atom. The molecule has 0 saturated carbocycles. The smallest absolute Gasteiger partial charge is 0.262 e. The SMILES string of the molecule is COc1cccc(NC(=O)COc2ccc(C(=O)Nc3ccc(Br)cc3)cc2)c1. The lowest BCUT2D eigenvalue weighted by Gasteiger charge is -2.09. The lowest BCUT2D eigenvalue weighted by molar-refractivity contribution is -0.118. The molecule has 0 fully saturated rings. The van der Waals surface area contributed by atoms with Crippen LogP contribution in [0.5, 0.6) is 11.5 Å². The molecule has 0 radical (unpaired) electrons. The van der Waals surface area contributed by atoms with Crippen molar-refractivity contribution in [1.29, 1.82) is 0 Å². The maximum atomic E-state index is 12.3. The monoisotopic (exact) mass is 454 g/mol. The second-order valence-corrected chi connectivity index (χ2v) is 6.97. The molecule has 0 saturated heterocycles. The average molecular weight is 455 g/mol. The maximum Gasteiger partial charge on any atom is 0.262 e. The van der Waals surface area contributed by atoms with Gasteiger partial charge in [0.1, 0.15) is 11.5 Å². The summed E-state index contributed by atoms with van der Waals surface area (Å²) in [5, 5.41) is 5.55. The van der Waals surface area contributed by atoms with Crippen molar-refractivity contribution < 1.29 is 19.1 Å². The normalized spacial score (nSPS) is 10.1. The summed E-state index contributed by atoms with van der Waals surface area (Å²) in [7, 11) is 1.56. The van der Waals surface area contributed by atoms with E-state index in [0.717, 1.165) is 4.47 Å². The summed E-state index contributed by atoms with van der Waals surface area (Å²) >= 11 is 3.35. The Balaban J connectivity index is 1.51. The fraction of sp³-hybridized carbons (Fsp3) is 0.0909. The fourth-order valence-electron chi connectivity index (χ4n) is 2.49. The van der Waals surface area contributed by atoms with E-state index >= 15 is 0 Å². The number of carbonyl (C=O) groups is 2. The van der Waals surface area contributed by atoms with Gasteiger partial charge < -0.3 is 20.1 Å². The van der Waals surface area contributed by atoms with Gasteiger partial charge in [0.2, 0.25) is 0 Å². The highest BCUT2D eigenvalue weighted by molar-refractivity contribution is 9.10. The van der Waals surface area contributed by atoms with Gasteiger partial charge in [0.15, 0.2) is 6.61 Å². The molecule has 29 heavy (non-hydrogen) atoms. The molecule has 0 unspecified atom stereocenters. The Morgan fingerprint density at radius 2 is 1.59 bits per heavy atom. The van der Waals surface area contributed by atoms with Gasteiger partial charge >= 0.3 is 0 Å². The molecule has 0 spiro atoms. The first-order valence-electron chi connectivity index (χ1n) is 8.77. The third-order valence-corrected chi connectivity index (χ3v) is 4.47. The standard InChI is InChI=1S/C22H19BrN2O4/c1-28-20-4-2-3-18(13-20)24-21(26)14-29-19-11-5-15(6-12-19)22(27)25-17-9-7-16(23)8-10-17/h2-13H,14H2,1H3,(H,24,26)(H,25,27). The number of halogens is 1. The van der Waals surface area contributed by atoms with Gasteiger partial charge in [-0.25, -0.2) is 0 Å². The molecule has 0 bridgehead atoms. The van der Waals surface area contributed by atoms with Crippen molar-refractivity contribution in [2.45, 2.75) is 0 Å². The van der Waals surface area contributed by atoms with Gasteiger partial charge in [0.25, 0.3) is 11.8 Å². The second-order valence-electron chi connectivity index (χ2n) is 6.05. The zero-order chi connectivity index (χ0) is 20.6. The van der Waals surface area contributed by atoms with Gasteiger partial charge in [-0.15, -0.1) is 0 Å². The molecule has 2 amide bonds. The van der Waals surface area contributed by atoms with Gasteiger partial charge in [-0.1, -0.05) is 22.0 Å². The van der Waals surface area contributed by atoms with E-state index in [4.69, 9.17) is 9.47 Å². The van der Waals surface area contributed by atoms with E-state index in [1.807, 2.05) is 12.1 Å². The summed E-state index contributed by atoms with van der Waals surface area (Å²) in [6.07, 6.45) is 0. The minimum absolute atomic E-state index is 0.151. The predicted octanol–water partition coefficient (Wildman–Crippen LogP) is 4.73. The number of amides is 2. The first kappa shape index (κ1) is 20.4. The summed E-state index contributed by atoms with van der Waals surface area (Å²) in [6, 6.07) is 21.0. The summed E-state index contributed by atoms with van der Waals surface area (Å²) in [6.45, 7) is -0.151. The fourth-order valence-corrected chi connectivity index (χ4v) is 2.75. The van der Waals surface area contributed by atoms with Gasteiger partial charge in [0, 0.05) is 27.5 Å². The van der Waals surface area contributed by atoms with Crippen molar-refractivity contribution in [2.24, 2.45) is 0 Å². The number of rotatable bonds is 7. The Bertz CT molecular complexity index is 988. The quantitative estimate of drug-likeness (QED) is 0.540. The third-order valence-electron chi connectivity index (χ3n) is 3.94. The van der Waals surface area contributed by atoms with E-state index in [0.29, 0.717) is 28.4 Å². The lowest BCUT2D eigenvalue weighted by atomic mass is 10.2. The van der Waals surface area contributed by atoms with Crippen LogP contribution in [0.25, 0.3) is 0 Å². The van der Waals surface area contributed by atoms with Crippen molar-refractivity contribution in [3.8, 4) is 11.5 Å². The highest BCUT2D eigenvalue weighted by atomic mass is 79.9. The van der Waals surface area contributed by atoms with Crippen LogP contribution in [0.2, 0.25) is 0 Å². The molecule has 0 aliphatic carbocycles. The molecule has 0 atom stereocenters. The highest BCUT2D eigenvalue weighted by Crippen LogP contribution is 2.18. The number of nitrogens with one attached hydrogen (secondary N) is 2. The summed E-state index contributed by atoms with van der Waals surface area (Å²) in [5.74, 6) is 0.622. The van der Waals surface area contributed by atoms with Crippen molar-refractivity contribution >= 4 is 39.1 Å². The summed E-state index contributed by atoms with van der Waals surface area (Å²) < 4.78 is 11.5. The largest absolute Gasteiger partial charge is 0.497 e. The van der Waals surface area contributed by atoms with Crippen molar-refractivity contribution in [3.05, 3.63) is 82.8 Å². The minimum atomic E-state index is -0.296. The van der Waals surface area contributed by atoms with E-state index in [9.17, 15) is 9.59 Å². The lowest BCUT2D eigenvalue weighted by Crippen LogP contribution is -2.20. The van der Waals surface area contributed by atoms with Crippen molar-refractivity contribution in [2.75, 3.05) is 24.4 Å². The number of ether oxygens (including phenoxy) is 2. The van der Waals surface area contributed by atoms with Crippen LogP contribution in [-0.4, -0.2) is 25.5 Å². The third kappa shape index (κ3) is 6.08. The van der Waals surface area contributed by atoms with Gasteiger partial charge in [0.05, 0.1) is 7.11 Å². The van der Waals surface area contributed by atoms with Gasteiger partial charge in [-0.05, 0) is 60.7 Å². The van der Waals surface area contributed by atoms with Gasteiger partial charge in [-0.3, -0.25) is 9.59 Å². The molecule has 7 heteroatoms. The summed E-state index contributed by atoms with van der Waals surface area (Å²) in [5.41, 5.74) is 1.81. The van der Waals surface area contributed by atoms with Crippen LogP contribution in [0.4, 0.5) is 11.4 Å². The Kier molecular flexibility index (Phi) is 6.86. The van der Waals surface area contributed by atoms with Crippen LogP contribution in [0.15, 0.2) is 77.3 Å². The molecule has 0 aliphatic heterocycles. The topological polar surface area (TPSA) is 76.7 Å². The number of benzene rings is 3. The van der Waals surface area contributed by atoms with Crippen LogP contribution in [0.1, 0.15) is 10.4 Å². The van der Waals surface area contributed by atoms with Crippen LogP contribution < -0.4 is 20.1 Å². The molecule has 0 aliphatic rings. The molecule has 6 nitrogen and oxygen atoms in total. The number of methoxy groups -OCH3 is 1. The number of carbonyl (C=O) groups excluding carboxylic acids is 2. The number of hydrogen-bond acceptors (Lipinski definition) is 4. The molecule has 148 valence electrons. The number of hydrogen-bond donors (Lipinski definition) is 2. The van der Waals surface area contributed by atoms with Crippen LogP contribution in [-0.2, 0) is 4.79 Å². The summed E-state index contributed by atoms with van der Waals surface area (Å²) in [4.78, 5) is 24.3. The predicted molar refractivity (Wildman–Crippen MR) is 116 cm³/mol. The first-order chi connectivity index (χ1) is 14.0. The van der Waals surface area contributed by atoms with E-state index in [2.05, 4.69) is 26.6 Å².